The minimum atomic E-state index is -3.53. The fourth-order valence-electron chi connectivity index (χ4n) is 0.635. The predicted molar refractivity (Wildman–Crippen MR) is 48.6 cm³/mol. The van der Waals surface area contributed by atoms with Gasteiger partial charge in [-0.05, 0) is 0 Å². The van der Waals surface area contributed by atoms with Crippen LogP contribution in [0.3, 0.4) is 0 Å². The lowest BCUT2D eigenvalue weighted by Gasteiger charge is -2.08. The van der Waals surface area contributed by atoms with Gasteiger partial charge in [-0.1, -0.05) is 0 Å². The van der Waals surface area contributed by atoms with Gasteiger partial charge in [0.15, 0.2) is 14.7 Å². The molecule has 0 fully saturated rings. The van der Waals surface area contributed by atoms with Crippen LogP contribution in [0.25, 0.3) is 0 Å². The summed E-state index contributed by atoms with van der Waals surface area (Å²) in [4.78, 5) is 12.1. The van der Waals surface area contributed by atoms with E-state index in [0.717, 1.165) is 13.4 Å². The molecule has 0 aromatic rings. The van der Waals surface area contributed by atoms with Gasteiger partial charge in [-0.3, -0.25) is 0 Å². The molecule has 0 spiro atoms. The Morgan fingerprint density at radius 3 is 2.08 bits per heavy atom. The summed E-state index contributed by atoms with van der Waals surface area (Å²) in [6, 6.07) is 0. The van der Waals surface area contributed by atoms with Gasteiger partial charge >= 0.3 is 5.97 Å². The van der Waals surface area contributed by atoms with E-state index in [1.54, 1.807) is 14.1 Å². The Bertz CT molecular complexity index is 315. The Balaban J connectivity index is 5.12. The van der Waals surface area contributed by atoms with Crippen molar-refractivity contribution < 1.29 is 17.9 Å². The molecule has 0 atom stereocenters. The second-order valence-corrected chi connectivity index (χ2v) is 4.70. The average Bonchev–Trinajstić information content (AvgIpc) is 1.96. The minimum absolute atomic E-state index is 0.347. The standard InChI is InChI=1S/C7H13NO4S/c1-8(2)5-6(7(9)12-3)13(4,10)11/h5H,1-4H3/b6-5-. The number of nitrogens with zero attached hydrogens (tertiary/aromatic N) is 1. The third-order valence-electron chi connectivity index (χ3n) is 1.16. The monoisotopic (exact) mass is 207 g/mol. The first-order valence-corrected chi connectivity index (χ1v) is 5.34. The van der Waals surface area contributed by atoms with Crippen LogP contribution in [0.1, 0.15) is 0 Å². The number of hydrogen-bond donors (Lipinski definition) is 0. The van der Waals surface area contributed by atoms with Crippen molar-refractivity contribution in [2.45, 2.75) is 0 Å². The molecule has 0 saturated heterocycles. The summed E-state index contributed by atoms with van der Waals surface area (Å²) in [6.07, 6.45) is 2.17. The number of carbonyl (C=O) groups is 1. The minimum Gasteiger partial charge on any atom is -0.465 e. The van der Waals surface area contributed by atoms with Gasteiger partial charge < -0.3 is 9.64 Å². The zero-order valence-corrected chi connectivity index (χ0v) is 8.88. The van der Waals surface area contributed by atoms with Gasteiger partial charge in [-0.15, -0.1) is 0 Å². The van der Waals surface area contributed by atoms with Gasteiger partial charge in [0.05, 0.1) is 7.11 Å². The highest BCUT2D eigenvalue weighted by molar-refractivity contribution is 7.95. The van der Waals surface area contributed by atoms with Crippen LogP contribution in [0.2, 0.25) is 0 Å². The van der Waals surface area contributed by atoms with Gasteiger partial charge in [0.1, 0.15) is 0 Å². The van der Waals surface area contributed by atoms with Crippen LogP contribution in [-0.2, 0) is 19.4 Å². The molecule has 0 saturated carbocycles. The number of hydrogen-bond acceptors (Lipinski definition) is 5. The molecule has 13 heavy (non-hydrogen) atoms. The van der Waals surface area contributed by atoms with E-state index in [9.17, 15) is 13.2 Å². The van der Waals surface area contributed by atoms with E-state index in [-0.39, 0.29) is 4.91 Å². The van der Waals surface area contributed by atoms with Crippen LogP contribution >= 0.6 is 0 Å². The van der Waals surface area contributed by atoms with Gasteiger partial charge in [0, 0.05) is 26.6 Å². The first-order chi connectivity index (χ1) is 5.79. The average molecular weight is 207 g/mol. The fourth-order valence-corrected chi connectivity index (χ4v) is 1.42. The first kappa shape index (κ1) is 12.0. The lowest BCUT2D eigenvalue weighted by atomic mass is 10.6. The van der Waals surface area contributed by atoms with E-state index in [1.807, 2.05) is 0 Å². The van der Waals surface area contributed by atoms with Gasteiger partial charge in [0.25, 0.3) is 0 Å². The zero-order chi connectivity index (χ0) is 10.6. The quantitative estimate of drug-likeness (QED) is 0.465. The third kappa shape index (κ3) is 3.93. The Labute approximate surface area is 77.9 Å². The van der Waals surface area contributed by atoms with E-state index in [1.165, 1.54) is 11.1 Å². The topological polar surface area (TPSA) is 63.7 Å². The van der Waals surface area contributed by atoms with Crippen LogP contribution in [-0.4, -0.2) is 46.7 Å². The SMILES string of the molecule is COC(=O)/C(=C/N(C)C)S(C)(=O)=O. The van der Waals surface area contributed by atoms with Crippen molar-refractivity contribution in [2.75, 3.05) is 27.5 Å². The normalized spacial score (nSPS) is 12.5. The van der Waals surface area contributed by atoms with E-state index in [4.69, 9.17) is 0 Å². The van der Waals surface area contributed by atoms with E-state index >= 15 is 0 Å². The summed E-state index contributed by atoms with van der Waals surface area (Å²) in [5, 5.41) is 0. The van der Waals surface area contributed by atoms with Crippen molar-refractivity contribution in [1.82, 2.24) is 4.90 Å². The fraction of sp³-hybridized carbons (Fsp3) is 0.571. The number of carbonyl (C=O) groups excluding carboxylic acids is 1. The van der Waals surface area contributed by atoms with Gasteiger partial charge in [-0.2, -0.15) is 0 Å². The van der Waals surface area contributed by atoms with Crippen molar-refractivity contribution in [1.29, 1.82) is 0 Å². The highest BCUT2D eigenvalue weighted by atomic mass is 32.2. The smallest absolute Gasteiger partial charge is 0.351 e. The summed E-state index contributed by atoms with van der Waals surface area (Å²) >= 11 is 0. The molecule has 0 bridgehead atoms. The first-order valence-electron chi connectivity index (χ1n) is 3.45. The highest BCUT2D eigenvalue weighted by Crippen LogP contribution is 2.06. The molecule has 0 aromatic heterocycles. The molecule has 6 heteroatoms. The molecular weight excluding hydrogens is 194 g/mol. The molecule has 0 aromatic carbocycles. The second-order valence-electron chi connectivity index (χ2n) is 2.72. The lowest BCUT2D eigenvalue weighted by Crippen LogP contribution is -2.17. The number of ether oxygens (including phenoxy) is 1. The highest BCUT2D eigenvalue weighted by Gasteiger charge is 2.21. The molecular formula is C7H13NO4S. The maximum atomic E-state index is 11.1. The molecule has 0 unspecified atom stereocenters. The Morgan fingerprint density at radius 1 is 1.38 bits per heavy atom. The van der Waals surface area contributed by atoms with Crippen LogP contribution < -0.4 is 0 Å². The van der Waals surface area contributed by atoms with Crippen molar-refractivity contribution in [3.05, 3.63) is 11.1 Å². The van der Waals surface area contributed by atoms with Crippen LogP contribution in [0, 0.1) is 0 Å². The number of sulfone groups is 1. The molecule has 0 N–H and O–H groups in total. The Kier molecular flexibility index (Phi) is 3.93. The number of esters is 1. The second kappa shape index (κ2) is 4.27. The van der Waals surface area contributed by atoms with E-state index in [2.05, 4.69) is 4.74 Å². The third-order valence-corrected chi connectivity index (χ3v) is 2.23. The van der Waals surface area contributed by atoms with Crippen LogP contribution in [0.5, 0.6) is 0 Å². The molecule has 0 heterocycles. The van der Waals surface area contributed by atoms with Gasteiger partial charge in [0.2, 0.25) is 0 Å². The van der Waals surface area contributed by atoms with Crippen molar-refractivity contribution >= 4 is 15.8 Å². The van der Waals surface area contributed by atoms with E-state index < -0.39 is 15.8 Å². The molecule has 0 amide bonds. The maximum Gasteiger partial charge on any atom is 0.351 e. The molecule has 0 rings (SSSR count). The van der Waals surface area contributed by atoms with Crippen molar-refractivity contribution in [2.24, 2.45) is 0 Å². The predicted octanol–water partition coefficient (Wildman–Crippen LogP) is -0.393. The van der Waals surface area contributed by atoms with Crippen LogP contribution in [0.4, 0.5) is 0 Å². The van der Waals surface area contributed by atoms with Crippen molar-refractivity contribution in [3.8, 4) is 0 Å². The molecule has 5 nitrogen and oxygen atoms in total. The number of rotatable bonds is 3. The summed E-state index contributed by atoms with van der Waals surface area (Å²) in [7, 11) is 0.848. The molecule has 0 aliphatic heterocycles. The summed E-state index contributed by atoms with van der Waals surface area (Å²) < 4.78 is 26.5. The van der Waals surface area contributed by atoms with Crippen LogP contribution in [0.15, 0.2) is 11.1 Å². The summed E-state index contributed by atoms with van der Waals surface area (Å²) in [5.74, 6) is -0.851. The summed E-state index contributed by atoms with van der Waals surface area (Å²) in [5.41, 5.74) is 0. The van der Waals surface area contributed by atoms with E-state index in [0.29, 0.717) is 0 Å². The Hall–Kier alpha value is -1.04. The molecule has 0 radical (unpaired) electrons. The maximum absolute atomic E-state index is 11.1. The lowest BCUT2D eigenvalue weighted by molar-refractivity contribution is -0.135. The molecule has 0 aliphatic carbocycles. The summed E-state index contributed by atoms with van der Waals surface area (Å²) in [6.45, 7) is 0. The van der Waals surface area contributed by atoms with Crippen molar-refractivity contribution in [3.63, 3.8) is 0 Å². The largest absolute Gasteiger partial charge is 0.465 e. The Morgan fingerprint density at radius 2 is 1.85 bits per heavy atom. The molecule has 0 aliphatic rings. The van der Waals surface area contributed by atoms with Gasteiger partial charge in [-0.25, -0.2) is 13.2 Å². The number of methoxy groups -OCH3 is 1. The molecule has 76 valence electrons. The zero-order valence-electron chi connectivity index (χ0n) is 8.07.